The number of hydrogen-bond donors (Lipinski definition) is 1. The second kappa shape index (κ2) is 5.69. The lowest BCUT2D eigenvalue weighted by Crippen LogP contribution is -2.04. The second-order valence-corrected chi connectivity index (χ2v) is 4.63. The molecular formula is C15H15FN2O2. The van der Waals surface area contributed by atoms with E-state index < -0.39 is 10.7 Å². The zero-order valence-electron chi connectivity index (χ0n) is 11.3. The first kappa shape index (κ1) is 14.0. The van der Waals surface area contributed by atoms with Gasteiger partial charge < -0.3 is 5.32 Å². The van der Waals surface area contributed by atoms with Crippen LogP contribution in [0.15, 0.2) is 36.4 Å². The van der Waals surface area contributed by atoms with Gasteiger partial charge in [-0.25, -0.2) is 4.39 Å². The third-order valence-electron chi connectivity index (χ3n) is 3.35. The number of nitrogens with zero attached hydrogens (tertiary/aromatic N) is 1. The zero-order chi connectivity index (χ0) is 14.7. The lowest BCUT2D eigenvalue weighted by molar-refractivity contribution is -0.385. The largest absolute Gasteiger partial charge is 0.379 e. The molecular weight excluding hydrogens is 259 g/mol. The average Bonchev–Trinajstić information content (AvgIpc) is 2.41. The summed E-state index contributed by atoms with van der Waals surface area (Å²) in [6.45, 7) is 4.51. The van der Waals surface area contributed by atoms with Crippen molar-refractivity contribution < 1.29 is 9.31 Å². The van der Waals surface area contributed by atoms with E-state index in [4.69, 9.17) is 0 Å². The Labute approximate surface area is 116 Å². The Kier molecular flexibility index (Phi) is 3.98. The van der Waals surface area contributed by atoms with Gasteiger partial charge in [-0.15, -0.1) is 0 Å². The molecule has 0 fully saturated rings. The van der Waals surface area contributed by atoms with Crippen molar-refractivity contribution in [2.75, 3.05) is 5.32 Å². The van der Waals surface area contributed by atoms with E-state index in [1.807, 2.05) is 32.0 Å². The number of nitro groups is 1. The van der Waals surface area contributed by atoms with Crippen LogP contribution in [0.1, 0.15) is 16.7 Å². The molecule has 5 heteroatoms. The minimum Gasteiger partial charge on any atom is -0.379 e. The fourth-order valence-electron chi connectivity index (χ4n) is 1.95. The van der Waals surface area contributed by atoms with Gasteiger partial charge in [0, 0.05) is 12.6 Å². The van der Waals surface area contributed by atoms with Crippen LogP contribution < -0.4 is 5.32 Å². The average molecular weight is 274 g/mol. The Morgan fingerprint density at radius 1 is 1.25 bits per heavy atom. The molecule has 0 heterocycles. The van der Waals surface area contributed by atoms with Crippen LogP contribution in [-0.2, 0) is 6.54 Å². The third kappa shape index (κ3) is 2.93. The second-order valence-electron chi connectivity index (χ2n) is 4.63. The van der Waals surface area contributed by atoms with Gasteiger partial charge in [0.25, 0.3) is 5.69 Å². The quantitative estimate of drug-likeness (QED) is 0.678. The van der Waals surface area contributed by atoms with Gasteiger partial charge in [0.1, 0.15) is 0 Å². The summed E-state index contributed by atoms with van der Waals surface area (Å²) in [5.74, 6) is -0.621. The Hall–Kier alpha value is -2.43. The predicted octanol–water partition coefficient (Wildman–Crippen LogP) is 3.96. The lowest BCUT2D eigenvalue weighted by Gasteiger charge is -2.11. The Bertz CT molecular complexity index is 656. The molecule has 1 N–H and O–H groups in total. The van der Waals surface area contributed by atoms with Crippen molar-refractivity contribution in [1.29, 1.82) is 0 Å². The summed E-state index contributed by atoms with van der Waals surface area (Å²) in [5.41, 5.74) is 3.41. The summed E-state index contributed by atoms with van der Waals surface area (Å²) < 4.78 is 13.7. The fourth-order valence-corrected chi connectivity index (χ4v) is 1.95. The first-order chi connectivity index (χ1) is 9.49. The Balaban J connectivity index is 2.15. The fraction of sp³-hybridized carbons (Fsp3) is 0.200. The van der Waals surface area contributed by atoms with Gasteiger partial charge in [0.2, 0.25) is 0 Å². The SMILES string of the molecule is Cc1cccc(CNc2ccc([N+](=O)[O-])cc2F)c1C. The maximum Gasteiger partial charge on any atom is 0.272 e. The molecule has 0 saturated heterocycles. The summed E-state index contributed by atoms with van der Waals surface area (Å²) in [7, 11) is 0. The lowest BCUT2D eigenvalue weighted by atomic mass is 10.0. The van der Waals surface area contributed by atoms with Crippen LogP contribution in [0.25, 0.3) is 0 Å². The number of hydrogen-bond acceptors (Lipinski definition) is 3. The molecule has 2 aromatic rings. The van der Waals surface area contributed by atoms with Crippen molar-refractivity contribution in [3.05, 3.63) is 69.0 Å². The van der Waals surface area contributed by atoms with E-state index in [1.165, 1.54) is 17.7 Å². The highest BCUT2D eigenvalue weighted by Gasteiger charge is 2.10. The van der Waals surface area contributed by atoms with Gasteiger partial charge >= 0.3 is 0 Å². The molecule has 0 aliphatic rings. The molecule has 2 aromatic carbocycles. The van der Waals surface area contributed by atoms with Crippen molar-refractivity contribution in [3.63, 3.8) is 0 Å². The van der Waals surface area contributed by atoms with Crippen LogP contribution in [0.3, 0.4) is 0 Å². The molecule has 0 aliphatic carbocycles. The summed E-state index contributed by atoms with van der Waals surface area (Å²) >= 11 is 0. The van der Waals surface area contributed by atoms with Gasteiger partial charge in [0.15, 0.2) is 5.82 Å². The molecule has 0 amide bonds. The maximum absolute atomic E-state index is 13.7. The molecule has 0 radical (unpaired) electrons. The van der Waals surface area contributed by atoms with E-state index in [9.17, 15) is 14.5 Å². The van der Waals surface area contributed by atoms with Gasteiger partial charge in [-0.05, 0) is 36.6 Å². The normalized spacial score (nSPS) is 10.3. The standard InChI is InChI=1S/C15H15FN2O2/c1-10-4-3-5-12(11(10)2)9-17-15-7-6-13(18(19)20)8-14(15)16/h3-8,17H,9H2,1-2H3. The first-order valence-corrected chi connectivity index (χ1v) is 6.22. The number of halogens is 1. The number of benzene rings is 2. The Morgan fingerprint density at radius 3 is 2.65 bits per heavy atom. The highest BCUT2D eigenvalue weighted by Crippen LogP contribution is 2.22. The van der Waals surface area contributed by atoms with E-state index in [2.05, 4.69) is 5.32 Å². The van der Waals surface area contributed by atoms with E-state index >= 15 is 0 Å². The van der Waals surface area contributed by atoms with Crippen molar-refractivity contribution >= 4 is 11.4 Å². The number of nitro benzene ring substituents is 1. The van der Waals surface area contributed by atoms with Gasteiger partial charge in [-0.1, -0.05) is 18.2 Å². The van der Waals surface area contributed by atoms with Crippen molar-refractivity contribution in [1.82, 2.24) is 0 Å². The smallest absolute Gasteiger partial charge is 0.272 e. The molecule has 0 atom stereocenters. The van der Waals surface area contributed by atoms with Crippen LogP contribution in [0.5, 0.6) is 0 Å². The predicted molar refractivity (Wildman–Crippen MR) is 76.3 cm³/mol. The molecule has 0 bridgehead atoms. The summed E-state index contributed by atoms with van der Waals surface area (Å²) in [6, 6.07) is 9.54. The monoisotopic (exact) mass is 274 g/mol. The van der Waals surface area contributed by atoms with Crippen LogP contribution in [0, 0.1) is 29.8 Å². The van der Waals surface area contributed by atoms with E-state index in [-0.39, 0.29) is 11.4 Å². The summed E-state index contributed by atoms with van der Waals surface area (Å²) in [4.78, 5) is 9.93. The molecule has 0 spiro atoms. The maximum atomic E-state index is 13.7. The molecule has 0 aliphatic heterocycles. The van der Waals surface area contributed by atoms with Crippen LogP contribution >= 0.6 is 0 Å². The van der Waals surface area contributed by atoms with E-state index in [0.29, 0.717) is 6.54 Å². The first-order valence-electron chi connectivity index (χ1n) is 6.22. The van der Waals surface area contributed by atoms with Gasteiger partial charge in [-0.3, -0.25) is 10.1 Å². The topological polar surface area (TPSA) is 55.2 Å². The molecule has 0 aromatic heterocycles. The van der Waals surface area contributed by atoms with Crippen molar-refractivity contribution in [2.24, 2.45) is 0 Å². The minimum absolute atomic E-state index is 0.250. The van der Waals surface area contributed by atoms with Crippen LogP contribution in [-0.4, -0.2) is 4.92 Å². The van der Waals surface area contributed by atoms with Crippen molar-refractivity contribution in [3.8, 4) is 0 Å². The van der Waals surface area contributed by atoms with Gasteiger partial charge in [0.05, 0.1) is 16.7 Å². The Morgan fingerprint density at radius 2 is 2.00 bits per heavy atom. The third-order valence-corrected chi connectivity index (χ3v) is 3.35. The molecule has 0 unspecified atom stereocenters. The number of anilines is 1. The van der Waals surface area contributed by atoms with E-state index in [1.54, 1.807) is 0 Å². The molecule has 20 heavy (non-hydrogen) atoms. The summed E-state index contributed by atoms with van der Waals surface area (Å²) in [5, 5.41) is 13.5. The van der Waals surface area contributed by atoms with Crippen LogP contribution in [0.2, 0.25) is 0 Å². The van der Waals surface area contributed by atoms with Crippen LogP contribution in [0.4, 0.5) is 15.8 Å². The number of non-ortho nitro benzene ring substituents is 1. The van der Waals surface area contributed by atoms with E-state index in [0.717, 1.165) is 17.2 Å². The molecule has 4 nitrogen and oxygen atoms in total. The zero-order valence-corrected chi connectivity index (χ0v) is 11.3. The van der Waals surface area contributed by atoms with Gasteiger partial charge in [-0.2, -0.15) is 0 Å². The number of rotatable bonds is 4. The highest BCUT2D eigenvalue weighted by molar-refractivity contribution is 5.51. The highest BCUT2D eigenvalue weighted by atomic mass is 19.1. The van der Waals surface area contributed by atoms with Crippen molar-refractivity contribution in [2.45, 2.75) is 20.4 Å². The minimum atomic E-state index is -0.621. The molecule has 0 saturated carbocycles. The summed E-state index contributed by atoms with van der Waals surface area (Å²) in [6.07, 6.45) is 0. The number of aryl methyl sites for hydroxylation is 1. The molecule has 2 rings (SSSR count). The number of nitrogens with one attached hydrogen (secondary N) is 1. The molecule has 104 valence electrons.